The summed E-state index contributed by atoms with van der Waals surface area (Å²) in [7, 11) is -3.15. The predicted molar refractivity (Wildman–Crippen MR) is 66.1 cm³/mol. The SMILES string of the molecule is CS(=O)(=O)NCCn1ccc(-c2cnccn2)n1. The Kier molecular flexibility index (Phi) is 3.68. The Balaban J connectivity index is 1.99. The molecule has 0 bridgehead atoms. The molecule has 2 rings (SSSR count). The fourth-order valence-corrected chi connectivity index (χ4v) is 1.86. The summed E-state index contributed by atoms with van der Waals surface area (Å²) in [5, 5.41) is 4.28. The van der Waals surface area contributed by atoms with Crippen molar-refractivity contribution in [1.82, 2.24) is 24.5 Å². The van der Waals surface area contributed by atoms with Crippen molar-refractivity contribution in [3.8, 4) is 11.4 Å². The van der Waals surface area contributed by atoms with Crippen molar-refractivity contribution in [2.24, 2.45) is 0 Å². The fourth-order valence-electron chi connectivity index (χ4n) is 1.40. The molecule has 0 amide bonds. The molecule has 0 spiro atoms. The van der Waals surface area contributed by atoms with Gasteiger partial charge in [0.2, 0.25) is 10.0 Å². The van der Waals surface area contributed by atoms with E-state index >= 15 is 0 Å². The van der Waals surface area contributed by atoms with Crippen LogP contribution in [0.3, 0.4) is 0 Å². The van der Waals surface area contributed by atoms with E-state index in [2.05, 4.69) is 19.8 Å². The summed E-state index contributed by atoms with van der Waals surface area (Å²) in [6.45, 7) is 0.772. The molecule has 0 aliphatic heterocycles. The third kappa shape index (κ3) is 3.60. The molecule has 1 N–H and O–H groups in total. The Bertz CT molecular complexity index is 608. The average Bonchev–Trinajstić information content (AvgIpc) is 2.77. The summed E-state index contributed by atoms with van der Waals surface area (Å²) in [6, 6.07) is 1.81. The molecule has 0 saturated carbocycles. The van der Waals surface area contributed by atoms with E-state index in [4.69, 9.17) is 0 Å². The molecule has 0 unspecified atom stereocenters. The van der Waals surface area contributed by atoms with Gasteiger partial charge in [-0.05, 0) is 6.07 Å². The van der Waals surface area contributed by atoms with Crippen LogP contribution in [0.1, 0.15) is 0 Å². The molecule has 2 heterocycles. The maximum atomic E-state index is 10.9. The van der Waals surface area contributed by atoms with E-state index in [1.165, 1.54) is 0 Å². The van der Waals surface area contributed by atoms with Gasteiger partial charge in [0.1, 0.15) is 11.4 Å². The molecular weight excluding hydrogens is 254 g/mol. The molecular formula is C10H13N5O2S. The van der Waals surface area contributed by atoms with E-state index in [1.54, 1.807) is 29.5 Å². The van der Waals surface area contributed by atoms with E-state index in [-0.39, 0.29) is 0 Å². The second-order valence-electron chi connectivity index (χ2n) is 3.72. The summed E-state index contributed by atoms with van der Waals surface area (Å²) in [4.78, 5) is 8.09. The van der Waals surface area contributed by atoms with Crippen molar-refractivity contribution in [1.29, 1.82) is 0 Å². The molecule has 0 atom stereocenters. The van der Waals surface area contributed by atoms with Gasteiger partial charge in [-0.25, -0.2) is 13.1 Å². The highest BCUT2D eigenvalue weighted by molar-refractivity contribution is 7.88. The molecule has 0 aliphatic rings. The number of hydrogen-bond donors (Lipinski definition) is 1. The minimum absolute atomic E-state index is 0.306. The Morgan fingerprint density at radius 3 is 2.83 bits per heavy atom. The monoisotopic (exact) mass is 267 g/mol. The maximum Gasteiger partial charge on any atom is 0.208 e. The number of aromatic nitrogens is 4. The molecule has 96 valence electrons. The van der Waals surface area contributed by atoms with E-state index in [9.17, 15) is 8.42 Å². The van der Waals surface area contributed by atoms with E-state index in [1.807, 2.05) is 6.07 Å². The third-order valence-electron chi connectivity index (χ3n) is 2.17. The number of nitrogens with zero attached hydrogens (tertiary/aromatic N) is 4. The molecule has 8 heteroatoms. The number of hydrogen-bond acceptors (Lipinski definition) is 5. The van der Waals surface area contributed by atoms with Crippen molar-refractivity contribution < 1.29 is 8.42 Å². The van der Waals surface area contributed by atoms with Crippen LogP contribution in [0.4, 0.5) is 0 Å². The minimum atomic E-state index is -3.15. The standard InChI is InChI=1S/C10H13N5O2S/c1-18(16,17)13-5-7-15-6-2-9(14-15)10-8-11-3-4-12-10/h2-4,6,8,13H,5,7H2,1H3. The van der Waals surface area contributed by atoms with E-state index in [0.717, 1.165) is 6.26 Å². The van der Waals surface area contributed by atoms with Gasteiger partial charge in [-0.15, -0.1) is 0 Å². The fraction of sp³-hybridized carbons (Fsp3) is 0.300. The van der Waals surface area contributed by atoms with Crippen LogP contribution in [-0.4, -0.2) is 41.0 Å². The predicted octanol–water partition coefficient (Wildman–Crippen LogP) is -0.111. The zero-order valence-corrected chi connectivity index (χ0v) is 10.6. The van der Waals surface area contributed by atoms with Crippen LogP contribution in [0.15, 0.2) is 30.9 Å². The summed E-state index contributed by atoms with van der Waals surface area (Å²) in [5.41, 5.74) is 1.40. The lowest BCUT2D eigenvalue weighted by Gasteiger charge is -2.02. The molecule has 0 radical (unpaired) electrons. The number of nitrogens with one attached hydrogen (secondary N) is 1. The third-order valence-corrected chi connectivity index (χ3v) is 2.90. The second kappa shape index (κ2) is 5.23. The van der Waals surface area contributed by atoms with Crippen LogP contribution < -0.4 is 4.72 Å². The molecule has 0 aromatic carbocycles. The van der Waals surface area contributed by atoms with Crippen LogP contribution >= 0.6 is 0 Å². The Hall–Kier alpha value is -1.80. The van der Waals surface area contributed by atoms with Crippen LogP contribution in [0.25, 0.3) is 11.4 Å². The summed E-state index contributed by atoms with van der Waals surface area (Å²) < 4.78 is 25.8. The van der Waals surface area contributed by atoms with Gasteiger partial charge in [0.25, 0.3) is 0 Å². The zero-order valence-electron chi connectivity index (χ0n) is 9.81. The first kappa shape index (κ1) is 12.7. The summed E-state index contributed by atoms with van der Waals surface area (Å²) in [6.07, 6.45) is 7.71. The Morgan fingerprint density at radius 1 is 1.33 bits per heavy atom. The van der Waals surface area contributed by atoms with Crippen molar-refractivity contribution in [3.05, 3.63) is 30.9 Å². The molecule has 7 nitrogen and oxygen atoms in total. The highest BCUT2D eigenvalue weighted by atomic mass is 32.2. The van der Waals surface area contributed by atoms with Gasteiger partial charge in [0, 0.05) is 25.1 Å². The lowest BCUT2D eigenvalue weighted by atomic mass is 10.3. The van der Waals surface area contributed by atoms with Crippen molar-refractivity contribution >= 4 is 10.0 Å². The molecule has 0 fully saturated rings. The average molecular weight is 267 g/mol. The second-order valence-corrected chi connectivity index (χ2v) is 5.55. The largest absolute Gasteiger partial charge is 0.271 e. The molecule has 0 saturated heterocycles. The quantitative estimate of drug-likeness (QED) is 0.816. The molecule has 18 heavy (non-hydrogen) atoms. The lowest BCUT2D eigenvalue weighted by Crippen LogP contribution is -2.26. The van der Waals surface area contributed by atoms with Crippen LogP contribution in [0, 0.1) is 0 Å². The van der Waals surface area contributed by atoms with Gasteiger partial charge in [-0.3, -0.25) is 14.6 Å². The van der Waals surface area contributed by atoms with Crippen molar-refractivity contribution in [2.45, 2.75) is 6.54 Å². The molecule has 0 aliphatic carbocycles. The zero-order chi connectivity index (χ0) is 13.0. The highest BCUT2D eigenvalue weighted by Crippen LogP contribution is 2.11. The van der Waals surface area contributed by atoms with Crippen LogP contribution in [0.5, 0.6) is 0 Å². The van der Waals surface area contributed by atoms with Crippen molar-refractivity contribution in [2.75, 3.05) is 12.8 Å². The minimum Gasteiger partial charge on any atom is -0.271 e. The first-order valence-corrected chi connectivity index (χ1v) is 7.18. The first-order valence-electron chi connectivity index (χ1n) is 5.29. The van der Waals surface area contributed by atoms with Gasteiger partial charge in [-0.2, -0.15) is 5.10 Å². The molecule has 2 aromatic heterocycles. The maximum absolute atomic E-state index is 10.9. The van der Waals surface area contributed by atoms with Gasteiger partial charge < -0.3 is 0 Å². The van der Waals surface area contributed by atoms with Gasteiger partial charge in [0.15, 0.2) is 0 Å². The lowest BCUT2D eigenvalue weighted by molar-refractivity contribution is 0.566. The van der Waals surface area contributed by atoms with E-state index < -0.39 is 10.0 Å². The van der Waals surface area contributed by atoms with Crippen LogP contribution in [0.2, 0.25) is 0 Å². The van der Waals surface area contributed by atoms with Gasteiger partial charge in [0.05, 0.1) is 19.0 Å². The Labute approximate surface area is 105 Å². The number of sulfonamides is 1. The van der Waals surface area contributed by atoms with Gasteiger partial charge in [-0.1, -0.05) is 0 Å². The Morgan fingerprint density at radius 2 is 2.17 bits per heavy atom. The number of rotatable bonds is 5. The highest BCUT2D eigenvalue weighted by Gasteiger charge is 2.04. The van der Waals surface area contributed by atoms with E-state index in [0.29, 0.717) is 24.5 Å². The summed E-state index contributed by atoms with van der Waals surface area (Å²) in [5.74, 6) is 0. The van der Waals surface area contributed by atoms with Crippen molar-refractivity contribution in [3.63, 3.8) is 0 Å². The summed E-state index contributed by atoms with van der Waals surface area (Å²) >= 11 is 0. The van der Waals surface area contributed by atoms with Gasteiger partial charge >= 0.3 is 0 Å². The topological polar surface area (TPSA) is 89.8 Å². The normalized spacial score (nSPS) is 11.6. The van der Waals surface area contributed by atoms with Crippen LogP contribution in [-0.2, 0) is 16.6 Å². The first-order chi connectivity index (χ1) is 8.54. The smallest absolute Gasteiger partial charge is 0.208 e. The molecule has 2 aromatic rings.